The van der Waals surface area contributed by atoms with Crippen molar-refractivity contribution in [3.63, 3.8) is 0 Å². The van der Waals surface area contributed by atoms with Gasteiger partial charge in [0.05, 0.1) is 11.3 Å². The van der Waals surface area contributed by atoms with Crippen LogP contribution in [0.3, 0.4) is 0 Å². The molecule has 5 heteroatoms. The zero-order chi connectivity index (χ0) is 14.7. The van der Waals surface area contributed by atoms with E-state index in [9.17, 15) is 4.79 Å². The summed E-state index contributed by atoms with van der Waals surface area (Å²) in [5.41, 5.74) is 7.91. The molecule has 0 fully saturated rings. The van der Waals surface area contributed by atoms with E-state index in [1.54, 1.807) is 12.1 Å². The minimum absolute atomic E-state index is 0.0735. The van der Waals surface area contributed by atoms with E-state index in [0.717, 1.165) is 10.0 Å². The van der Waals surface area contributed by atoms with Crippen molar-refractivity contribution in [3.05, 3.63) is 55.6 Å². The molecule has 0 heterocycles. The van der Waals surface area contributed by atoms with Crippen LogP contribution in [-0.4, -0.2) is 5.78 Å². The molecule has 3 nitrogen and oxygen atoms in total. The number of ketones is 1. The molecule has 0 saturated carbocycles. The van der Waals surface area contributed by atoms with Crippen LogP contribution in [0.2, 0.25) is 0 Å². The minimum Gasteiger partial charge on any atom is -0.486 e. The number of benzene rings is 2. The van der Waals surface area contributed by atoms with Crippen LogP contribution in [0.4, 0.5) is 5.69 Å². The quantitative estimate of drug-likeness (QED) is 0.430. The summed E-state index contributed by atoms with van der Waals surface area (Å²) in [4.78, 5) is 11.7. The van der Waals surface area contributed by atoms with E-state index in [0.29, 0.717) is 23.6 Å². The Morgan fingerprint density at radius 2 is 1.95 bits per heavy atom. The topological polar surface area (TPSA) is 52.3 Å². The van der Waals surface area contributed by atoms with Crippen LogP contribution < -0.4 is 10.5 Å². The van der Waals surface area contributed by atoms with Crippen molar-refractivity contribution in [2.24, 2.45) is 0 Å². The zero-order valence-corrected chi connectivity index (χ0v) is 14.6. The summed E-state index contributed by atoms with van der Waals surface area (Å²) in [6, 6.07) is 11.5. The summed E-state index contributed by atoms with van der Waals surface area (Å²) in [6.45, 7) is 1.88. The number of rotatable bonds is 4. The molecule has 20 heavy (non-hydrogen) atoms. The lowest BCUT2D eigenvalue weighted by atomic mass is 10.1. The second-order valence-electron chi connectivity index (χ2n) is 4.34. The Balaban J connectivity index is 2.24. The van der Waals surface area contributed by atoms with Gasteiger partial charge in [0, 0.05) is 8.04 Å². The van der Waals surface area contributed by atoms with Crippen molar-refractivity contribution >= 4 is 50.0 Å². The second-order valence-corrected chi connectivity index (χ2v) is 6.50. The standard InChI is InChI=1S/C15H13BrINO2/c1-9(19)13-6-11(16)7-14(18)15(13)20-8-10-2-4-12(17)5-3-10/h2-7H,8,18H2,1H3. The van der Waals surface area contributed by atoms with E-state index >= 15 is 0 Å². The van der Waals surface area contributed by atoms with Crippen LogP contribution in [0.25, 0.3) is 0 Å². The normalized spacial score (nSPS) is 10.3. The molecule has 0 unspecified atom stereocenters. The van der Waals surface area contributed by atoms with Gasteiger partial charge in [-0.15, -0.1) is 0 Å². The molecule has 0 bridgehead atoms. The Labute approximate surface area is 139 Å². The Bertz CT molecular complexity index is 641. The highest BCUT2D eigenvalue weighted by atomic mass is 127. The van der Waals surface area contributed by atoms with E-state index in [-0.39, 0.29) is 5.78 Å². The fraction of sp³-hybridized carbons (Fsp3) is 0.133. The first-order valence-electron chi connectivity index (χ1n) is 5.94. The Morgan fingerprint density at radius 1 is 1.30 bits per heavy atom. The van der Waals surface area contributed by atoms with Crippen molar-refractivity contribution in [2.45, 2.75) is 13.5 Å². The molecule has 2 aromatic rings. The molecule has 0 amide bonds. The average molecular weight is 446 g/mol. The summed E-state index contributed by atoms with van der Waals surface area (Å²) in [6.07, 6.45) is 0. The summed E-state index contributed by atoms with van der Waals surface area (Å²) in [7, 11) is 0. The van der Waals surface area contributed by atoms with Gasteiger partial charge >= 0.3 is 0 Å². The zero-order valence-electron chi connectivity index (χ0n) is 10.8. The highest BCUT2D eigenvalue weighted by Crippen LogP contribution is 2.31. The summed E-state index contributed by atoms with van der Waals surface area (Å²) < 4.78 is 7.67. The Morgan fingerprint density at radius 3 is 2.55 bits per heavy atom. The van der Waals surface area contributed by atoms with Crippen molar-refractivity contribution in [3.8, 4) is 5.75 Å². The lowest BCUT2D eigenvalue weighted by molar-refractivity contribution is 0.101. The van der Waals surface area contributed by atoms with Crippen molar-refractivity contribution in [1.82, 2.24) is 0 Å². The number of ether oxygens (including phenoxy) is 1. The average Bonchev–Trinajstić information content (AvgIpc) is 2.38. The van der Waals surface area contributed by atoms with Gasteiger partial charge in [-0.3, -0.25) is 4.79 Å². The smallest absolute Gasteiger partial charge is 0.163 e. The van der Waals surface area contributed by atoms with Crippen LogP contribution >= 0.6 is 38.5 Å². The molecule has 0 aliphatic rings. The lowest BCUT2D eigenvalue weighted by Crippen LogP contribution is -2.05. The molecule has 0 aliphatic heterocycles. The predicted molar refractivity (Wildman–Crippen MR) is 92.0 cm³/mol. The van der Waals surface area contributed by atoms with Gasteiger partial charge in [-0.1, -0.05) is 28.1 Å². The molecular formula is C15H13BrINO2. The molecule has 0 radical (unpaired) electrons. The minimum atomic E-state index is -0.0735. The molecule has 0 spiro atoms. The molecule has 0 aromatic heterocycles. The molecule has 2 rings (SSSR count). The number of carbonyl (C=O) groups is 1. The molecular weight excluding hydrogens is 433 g/mol. The number of anilines is 1. The molecule has 2 aromatic carbocycles. The molecule has 104 valence electrons. The number of Topliss-reactive ketones (excluding diaryl/α,β-unsaturated/α-hetero) is 1. The molecule has 0 atom stereocenters. The highest BCUT2D eigenvalue weighted by molar-refractivity contribution is 14.1. The third kappa shape index (κ3) is 3.73. The first-order chi connectivity index (χ1) is 9.47. The van der Waals surface area contributed by atoms with E-state index in [4.69, 9.17) is 10.5 Å². The van der Waals surface area contributed by atoms with Crippen molar-refractivity contribution < 1.29 is 9.53 Å². The van der Waals surface area contributed by atoms with Crippen molar-refractivity contribution in [1.29, 1.82) is 0 Å². The second kappa shape index (κ2) is 6.58. The van der Waals surface area contributed by atoms with Gasteiger partial charge < -0.3 is 10.5 Å². The molecule has 0 aliphatic carbocycles. The maximum absolute atomic E-state index is 11.7. The maximum Gasteiger partial charge on any atom is 0.163 e. The van der Waals surface area contributed by atoms with Gasteiger partial charge in [0.25, 0.3) is 0 Å². The van der Waals surface area contributed by atoms with Crippen LogP contribution in [-0.2, 0) is 6.61 Å². The number of hydrogen-bond donors (Lipinski definition) is 1. The third-order valence-electron chi connectivity index (χ3n) is 2.76. The van der Waals surface area contributed by atoms with Crippen LogP contribution in [0.15, 0.2) is 40.9 Å². The van der Waals surface area contributed by atoms with E-state index in [2.05, 4.69) is 38.5 Å². The van der Waals surface area contributed by atoms with Gasteiger partial charge in [-0.25, -0.2) is 0 Å². The summed E-state index contributed by atoms with van der Waals surface area (Å²) >= 11 is 5.58. The van der Waals surface area contributed by atoms with Gasteiger partial charge in [-0.05, 0) is 59.3 Å². The fourth-order valence-corrected chi connectivity index (χ4v) is 2.61. The van der Waals surface area contributed by atoms with Gasteiger partial charge in [0.15, 0.2) is 11.5 Å². The first-order valence-corrected chi connectivity index (χ1v) is 7.81. The van der Waals surface area contributed by atoms with Crippen LogP contribution in [0.1, 0.15) is 22.8 Å². The number of carbonyl (C=O) groups excluding carboxylic acids is 1. The monoisotopic (exact) mass is 445 g/mol. The Kier molecular flexibility index (Phi) is 5.04. The van der Waals surface area contributed by atoms with E-state index < -0.39 is 0 Å². The first kappa shape index (κ1) is 15.3. The van der Waals surface area contributed by atoms with E-state index in [1.165, 1.54) is 10.5 Å². The number of halogens is 2. The number of nitrogen functional groups attached to an aromatic ring is 1. The molecule has 2 N–H and O–H groups in total. The highest BCUT2D eigenvalue weighted by Gasteiger charge is 2.13. The number of nitrogens with two attached hydrogens (primary N) is 1. The SMILES string of the molecule is CC(=O)c1cc(Br)cc(N)c1OCc1ccc(I)cc1. The van der Waals surface area contributed by atoms with Crippen LogP contribution in [0, 0.1) is 3.57 Å². The van der Waals surface area contributed by atoms with Gasteiger partial charge in [-0.2, -0.15) is 0 Å². The van der Waals surface area contributed by atoms with Crippen LogP contribution in [0.5, 0.6) is 5.75 Å². The van der Waals surface area contributed by atoms with E-state index in [1.807, 2.05) is 24.3 Å². The molecule has 0 saturated heterocycles. The number of hydrogen-bond acceptors (Lipinski definition) is 3. The van der Waals surface area contributed by atoms with Gasteiger partial charge in [0.2, 0.25) is 0 Å². The maximum atomic E-state index is 11.7. The predicted octanol–water partition coefficient (Wildman–Crippen LogP) is 4.42. The van der Waals surface area contributed by atoms with Gasteiger partial charge in [0.1, 0.15) is 6.61 Å². The lowest BCUT2D eigenvalue weighted by Gasteiger charge is -2.13. The third-order valence-corrected chi connectivity index (χ3v) is 3.94. The van der Waals surface area contributed by atoms with Crippen molar-refractivity contribution in [2.75, 3.05) is 5.73 Å². The Hall–Kier alpha value is -1.08. The summed E-state index contributed by atoms with van der Waals surface area (Å²) in [5, 5.41) is 0. The summed E-state index contributed by atoms with van der Waals surface area (Å²) in [5.74, 6) is 0.370. The fourth-order valence-electron chi connectivity index (χ4n) is 1.77. The largest absolute Gasteiger partial charge is 0.486 e.